The van der Waals surface area contributed by atoms with Crippen molar-refractivity contribution in [3.63, 3.8) is 0 Å². The molecule has 2 aliphatic heterocycles. The van der Waals surface area contributed by atoms with Crippen LogP contribution in [0.3, 0.4) is 0 Å². The Balaban J connectivity index is 1.52. The molecule has 3 fully saturated rings. The van der Waals surface area contributed by atoms with Gasteiger partial charge >= 0.3 is 0 Å². The predicted molar refractivity (Wildman–Crippen MR) is 86.7 cm³/mol. The molecule has 1 spiro atoms. The van der Waals surface area contributed by atoms with Crippen LogP contribution in [0.4, 0.5) is 5.69 Å². The summed E-state index contributed by atoms with van der Waals surface area (Å²) in [4.78, 5) is 2.53. The van der Waals surface area contributed by atoms with E-state index in [9.17, 15) is 0 Å². The summed E-state index contributed by atoms with van der Waals surface area (Å²) in [6.45, 7) is 4.06. The first-order valence-electron chi connectivity index (χ1n) is 8.87. The molecule has 1 aliphatic carbocycles. The maximum absolute atomic E-state index is 5.60. The lowest BCUT2D eigenvalue weighted by atomic mass is 9.74. The van der Waals surface area contributed by atoms with Crippen molar-refractivity contribution in [3.8, 4) is 0 Å². The average molecular weight is 313 g/mol. The smallest absolute Gasteiger partial charge is 0.200 e. The van der Waals surface area contributed by atoms with Crippen LogP contribution in [-0.4, -0.2) is 46.1 Å². The lowest BCUT2D eigenvalue weighted by molar-refractivity contribution is 0.00759. The van der Waals surface area contributed by atoms with Gasteiger partial charge in [-0.2, -0.15) is 9.61 Å². The molecule has 2 aromatic heterocycles. The topological polar surface area (TPSA) is 55.5 Å². The van der Waals surface area contributed by atoms with E-state index in [-0.39, 0.29) is 0 Å². The molecule has 0 aromatic carbocycles. The first-order chi connectivity index (χ1) is 11.3. The number of nitrogens with zero attached hydrogens (tertiary/aromatic N) is 5. The molecule has 4 heterocycles. The van der Waals surface area contributed by atoms with E-state index in [0.29, 0.717) is 11.3 Å². The number of rotatable bonds is 2. The molecule has 0 N–H and O–H groups in total. The van der Waals surface area contributed by atoms with Crippen LogP contribution in [0.15, 0.2) is 12.4 Å². The van der Waals surface area contributed by atoms with Gasteiger partial charge in [0.05, 0.1) is 11.4 Å². The minimum Gasteiger partial charge on any atom is -0.381 e. The molecule has 0 amide bonds. The summed E-state index contributed by atoms with van der Waals surface area (Å²) in [5.41, 5.74) is 3.76. The standard InChI is InChI=1S/C17H23N5O/c1-4-17(5-8-23-9-6-17)11-21(7-1)15-10-14(13-2-3-13)20-22-12-18-19-16(15)22/h10,12-13H,1-9,11H2. The van der Waals surface area contributed by atoms with Gasteiger partial charge in [-0.25, -0.2) is 0 Å². The highest BCUT2D eigenvalue weighted by Crippen LogP contribution is 2.43. The zero-order valence-electron chi connectivity index (χ0n) is 13.4. The molecule has 2 aromatic rings. The molecular weight excluding hydrogens is 290 g/mol. The number of ether oxygens (including phenoxy) is 1. The Morgan fingerprint density at radius 3 is 2.87 bits per heavy atom. The summed E-state index contributed by atoms with van der Waals surface area (Å²) in [7, 11) is 0. The summed E-state index contributed by atoms with van der Waals surface area (Å²) >= 11 is 0. The highest BCUT2D eigenvalue weighted by atomic mass is 16.5. The SMILES string of the molecule is c1c(C2CC2)nn2cnnc2c1N1CCCC2(CCOCC2)C1. The van der Waals surface area contributed by atoms with Gasteiger partial charge < -0.3 is 9.64 Å². The molecule has 1 saturated carbocycles. The van der Waals surface area contributed by atoms with Crippen molar-refractivity contribution in [2.24, 2.45) is 5.41 Å². The van der Waals surface area contributed by atoms with Gasteiger partial charge in [0.15, 0.2) is 0 Å². The fourth-order valence-electron chi connectivity index (χ4n) is 4.27. The normalized spacial score (nSPS) is 24.4. The van der Waals surface area contributed by atoms with Gasteiger partial charge in [0.1, 0.15) is 6.33 Å². The van der Waals surface area contributed by atoms with Crippen molar-refractivity contribution < 1.29 is 4.74 Å². The molecule has 0 unspecified atom stereocenters. The molecule has 2 saturated heterocycles. The zero-order chi connectivity index (χ0) is 15.3. The van der Waals surface area contributed by atoms with Gasteiger partial charge in [-0.3, -0.25) is 0 Å². The van der Waals surface area contributed by atoms with Crippen molar-refractivity contribution in [2.75, 3.05) is 31.2 Å². The van der Waals surface area contributed by atoms with Crippen molar-refractivity contribution >= 4 is 11.3 Å². The van der Waals surface area contributed by atoms with Gasteiger partial charge in [-0.05, 0) is 50.0 Å². The second-order valence-electron chi connectivity index (χ2n) is 7.47. The van der Waals surface area contributed by atoms with E-state index in [1.807, 2.05) is 4.52 Å². The number of piperidine rings is 1. The monoisotopic (exact) mass is 313 g/mol. The molecule has 0 bridgehead atoms. The van der Waals surface area contributed by atoms with Crippen LogP contribution in [0.25, 0.3) is 5.65 Å². The molecule has 23 heavy (non-hydrogen) atoms. The van der Waals surface area contributed by atoms with Crippen molar-refractivity contribution in [3.05, 3.63) is 18.1 Å². The van der Waals surface area contributed by atoms with E-state index in [0.717, 1.165) is 32.0 Å². The van der Waals surface area contributed by atoms with Gasteiger partial charge in [0.25, 0.3) is 0 Å². The fraction of sp³-hybridized carbons (Fsp3) is 0.706. The minimum absolute atomic E-state index is 0.427. The number of anilines is 1. The second-order valence-corrected chi connectivity index (χ2v) is 7.47. The molecule has 3 aliphatic rings. The molecule has 0 atom stereocenters. The number of hydrogen-bond donors (Lipinski definition) is 0. The van der Waals surface area contributed by atoms with Crippen LogP contribution < -0.4 is 4.90 Å². The number of hydrogen-bond acceptors (Lipinski definition) is 5. The van der Waals surface area contributed by atoms with Gasteiger partial charge in [0.2, 0.25) is 5.65 Å². The Hall–Kier alpha value is -1.69. The van der Waals surface area contributed by atoms with Crippen LogP contribution in [0, 0.1) is 5.41 Å². The van der Waals surface area contributed by atoms with Crippen molar-refractivity contribution in [1.29, 1.82) is 0 Å². The Labute approximate surface area is 135 Å². The third-order valence-corrected chi connectivity index (χ3v) is 5.82. The Bertz CT molecular complexity index is 711. The Kier molecular flexibility index (Phi) is 3.08. The third kappa shape index (κ3) is 2.40. The van der Waals surface area contributed by atoms with E-state index in [4.69, 9.17) is 9.84 Å². The van der Waals surface area contributed by atoms with Crippen LogP contribution >= 0.6 is 0 Å². The fourth-order valence-corrected chi connectivity index (χ4v) is 4.27. The molecular formula is C17H23N5O. The molecule has 6 nitrogen and oxygen atoms in total. The Morgan fingerprint density at radius 1 is 1.17 bits per heavy atom. The van der Waals surface area contributed by atoms with E-state index in [1.165, 1.54) is 49.9 Å². The first kappa shape index (κ1) is 13.7. The number of aromatic nitrogens is 4. The van der Waals surface area contributed by atoms with E-state index in [1.54, 1.807) is 6.33 Å². The molecule has 5 rings (SSSR count). The first-order valence-corrected chi connectivity index (χ1v) is 8.87. The Morgan fingerprint density at radius 2 is 2.04 bits per heavy atom. The summed E-state index contributed by atoms with van der Waals surface area (Å²) in [6.07, 6.45) is 9.22. The van der Waals surface area contributed by atoms with Crippen LogP contribution in [0.2, 0.25) is 0 Å². The quantitative estimate of drug-likeness (QED) is 0.852. The lowest BCUT2D eigenvalue weighted by Crippen LogP contribution is -2.46. The summed E-state index contributed by atoms with van der Waals surface area (Å²) in [5, 5.41) is 13.1. The van der Waals surface area contributed by atoms with Gasteiger partial charge in [-0.1, -0.05) is 0 Å². The zero-order valence-corrected chi connectivity index (χ0v) is 13.4. The predicted octanol–water partition coefficient (Wildman–Crippen LogP) is 2.40. The highest BCUT2D eigenvalue weighted by molar-refractivity contribution is 5.69. The van der Waals surface area contributed by atoms with E-state index in [2.05, 4.69) is 21.2 Å². The minimum atomic E-state index is 0.427. The third-order valence-electron chi connectivity index (χ3n) is 5.82. The van der Waals surface area contributed by atoms with Crippen LogP contribution in [-0.2, 0) is 4.74 Å². The number of fused-ring (bicyclic) bond motifs is 1. The highest BCUT2D eigenvalue weighted by Gasteiger charge is 2.38. The maximum Gasteiger partial charge on any atom is 0.200 e. The molecule has 0 radical (unpaired) electrons. The van der Waals surface area contributed by atoms with Crippen LogP contribution in [0.1, 0.15) is 50.1 Å². The summed E-state index contributed by atoms with van der Waals surface area (Å²) in [6, 6.07) is 2.28. The molecule has 6 heteroatoms. The van der Waals surface area contributed by atoms with E-state index >= 15 is 0 Å². The van der Waals surface area contributed by atoms with Crippen molar-refractivity contribution in [1.82, 2.24) is 19.8 Å². The molecule has 122 valence electrons. The largest absolute Gasteiger partial charge is 0.381 e. The van der Waals surface area contributed by atoms with E-state index < -0.39 is 0 Å². The summed E-state index contributed by atoms with van der Waals surface area (Å²) in [5.74, 6) is 0.641. The van der Waals surface area contributed by atoms with Gasteiger partial charge in [0, 0.05) is 32.2 Å². The maximum atomic E-state index is 5.60. The lowest BCUT2D eigenvalue weighted by Gasteiger charge is -2.45. The van der Waals surface area contributed by atoms with Crippen molar-refractivity contribution in [2.45, 2.75) is 44.4 Å². The second kappa shape index (κ2) is 5.16. The van der Waals surface area contributed by atoms with Gasteiger partial charge in [-0.15, -0.1) is 10.2 Å². The summed E-state index contributed by atoms with van der Waals surface area (Å²) < 4.78 is 7.47. The average Bonchev–Trinajstić information content (AvgIpc) is 3.32. The van der Waals surface area contributed by atoms with Crippen LogP contribution in [0.5, 0.6) is 0 Å².